The van der Waals surface area contributed by atoms with Crippen LogP contribution in [-0.4, -0.2) is 49.9 Å². The summed E-state index contributed by atoms with van der Waals surface area (Å²) in [6, 6.07) is 14.4. The summed E-state index contributed by atoms with van der Waals surface area (Å²) in [7, 11) is 0. The van der Waals surface area contributed by atoms with E-state index in [4.69, 9.17) is 25.8 Å². The van der Waals surface area contributed by atoms with E-state index in [1.165, 1.54) is 30.0 Å². The number of rotatable bonds is 10. The summed E-state index contributed by atoms with van der Waals surface area (Å²) >= 11 is 6.58. The highest BCUT2D eigenvalue weighted by molar-refractivity contribution is 6.32. The van der Waals surface area contributed by atoms with Gasteiger partial charge in [0.25, 0.3) is 0 Å². The number of carbonyl (C=O) groups is 2. The van der Waals surface area contributed by atoms with Gasteiger partial charge in [0.15, 0.2) is 11.5 Å². The Labute approximate surface area is 231 Å². The fourth-order valence-corrected chi connectivity index (χ4v) is 4.65. The van der Waals surface area contributed by atoms with Gasteiger partial charge in [-0.2, -0.15) is 0 Å². The van der Waals surface area contributed by atoms with Crippen LogP contribution < -0.4 is 19.3 Å². The van der Waals surface area contributed by atoms with E-state index in [1.807, 2.05) is 11.8 Å². The molecule has 1 aliphatic heterocycles. The molecule has 1 aliphatic rings. The van der Waals surface area contributed by atoms with Gasteiger partial charge in [0.05, 0.1) is 42.6 Å². The van der Waals surface area contributed by atoms with Gasteiger partial charge in [-0.3, -0.25) is 4.79 Å². The maximum Gasteiger partial charge on any atom is 0.337 e. The predicted octanol–water partition coefficient (Wildman–Crippen LogP) is 5.54. The Morgan fingerprint density at radius 1 is 1.05 bits per heavy atom. The van der Waals surface area contributed by atoms with Crippen LogP contribution in [0.15, 0.2) is 54.6 Å². The lowest BCUT2D eigenvalue weighted by atomic mass is 10.1. The first-order valence-corrected chi connectivity index (χ1v) is 12.9. The van der Waals surface area contributed by atoms with Gasteiger partial charge in [0.1, 0.15) is 12.4 Å². The molecule has 1 amide bonds. The zero-order valence-electron chi connectivity index (χ0n) is 21.8. The molecular weight excluding hydrogens is 527 g/mol. The van der Waals surface area contributed by atoms with Gasteiger partial charge >= 0.3 is 5.97 Å². The van der Waals surface area contributed by atoms with Gasteiger partial charge < -0.3 is 29.1 Å². The summed E-state index contributed by atoms with van der Waals surface area (Å²) in [6.07, 6.45) is 0. The van der Waals surface area contributed by atoms with E-state index < -0.39 is 5.97 Å². The highest BCUT2D eigenvalue weighted by atomic mass is 35.5. The van der Waals surface area contributed by atoms with E-state index in [9.17, 15) is 19.1 Å². The minimum absolute atomic E-state index is 0.109. The third-order valence-corrected chi connectivity index (χ3v) is 6.54. The molecule has 1 heterocycles. The second-order valence-electron chi connectivity index (χ2n) is 8.96. The fourth-order valence-electron chi connectivity index (χ4n) is 4.36. The van der Waals surface area contributed by atoms with Crippen molar-refractivity contribution in [2.75, 3.05) is 42.7 Å². The molecule has 0 saturated carbocycles. The predicted molar refractivity (Wildman–Crippen MR) is 147 cm³/mol. The Hall–Kier alpha value is -3.82. The number of anilines is 2. The van der Waals surface area contributed by atoms with Gasteiger partial charge in [-0.15, -0.1) is 0 Å². The largest absolute Gasteiger partial charge is 0.490 e. The molecule has 0 aromatic heterocycles. The van der Waals surface area contributed by atoms with Crippen molar-refractivity contribution in [2.45, 2.75) is 27.0 Å². The number of aromatic carboxylic acids is 1. The van der Waals surface area contributed by atoms with E-state index in [2.05, 4.69) is 0 Å². The molecule has 0 aliphatic carbocycles. The average molecular weight is 557 g/mol. The molecule has 0 radical (unpaired) electrons. The smallest absolute Gasteiger partial charge is 0.337 e. The number of carbonyl (C=O) groups excluding carboxylic acids is 1. The van der Waals surface area contributed by atoms with Crippen molar-refractivity contribution >= 4 is 34.9 Å². The number of morpholine rings is 1. The number of benzene rings is 3. The summed E-state index contributed by atoms with van der Waals surface area (Å²) in [4.78, 5) is 28.3. The van der Waals surface area contributed by atoms with E-state index in [0.717, 1.165) is 5.56 Å². The number of hydrogen-bond acceptors (Lipinski definition) is 6. The molecule has 8 nitrogen and oxygen atoms in total. The van der Waals surface area contributed by atoms with Crippen molar-refractivity contribution in [3.63, 3.8) is 0 Å². The molecule has 0 atom stereocenters. The molecule has 1 fully saturated rings. The quantitative estimate of drug-likeness (QED) is 0.350. The zero-order valence-corrected chi connectivity index (χ0v) is 22.5. The summed E-state index contributed by atoms with van der Waals surface area (Å²) in [5.41, 5.74) is 2.57. The van der Waals surface area contributed by atoms with Crippen molar-refractivity contribution < 1.29 is 33.3 Å². The van der Waals surface area contributed by atoms with Crippen LogP contribution in [0.3, 0.4) is 0 Å². The number of halogens is 2. The first kappa shape index (κ1) is 28.2. The molecule has 0 bridgehead atoms. The number of hydrogen-bond donors (Lipinski definition) is 1. The molecule has 1 saturated heterocycles. The third-order valence-electron chi connectivity index (χ3n) is 6.26. The second kappa shape index (κ2) is 12.8. The molecule has 206 valence electrons. The Morgan fingerprint density at radius 2 is 1.77 bits per heavy atom. The molecule has 39 heavy (non-hydrogen) atoms. The first-order valence-electron chi connectivity index (χ1n) is 12.6. The average Bonchev–Trinajstić information content (AvgIpc) is 2.92. The van der Waals surface area contributed by atoms with Gasteiger partial charge in [0.2, 0.25) is 5.91 Å². The Bertz CT molecular complexity index is 1330. The van der Waals surface area contributed by atoms with Crippen molar-refractivity contribution in [3.05, 3.63) is 82.1 Å². The van der Waals surface area contributed by atoms with Crippen LogP contribution in [0.25, 0.3) is 0 Å². The van der Waals surface area contributed by atoms with Crippen LogP contribution >= 0.6 is 11.6 Å². The lowest BCUT2D eigenvalue weighted by molar-refractivity contribution is -0.116. The van der Waals surface area contributed by atoms with Crippen LogP contribution in [0.1, 0.15) is 35.3 Å². The monoisotopic (exact) mass is 556 g/mol. The summed E-state index contributed by atoms with van der Waals surface area (Å²) in [6.45, 7) is 6.11. The minimum Gasteiger partial charge on any atom is -0.490 e. The van der Waals surface area contributed by atoms with Crippen LogP contribution in [0.4, 0.5) is 15.8 Å². The van der Waals surface area contributed by atoms with Crippen molar-refractivity contribution in [1.82, 2.24) is 0 Å². The molecule has 0 spiro atoms. The molecule has 10 heteroatoms. The first-order chi connectivity index (χ1) is 18.8. The van der Waals surface area contributed by atoms with Gasteiger partial charge in [-0.1, -0.05) is 23.7 Å². The van der Waals surface area contributed by atoms with Crippen LogP contribution in [0.2, 0.25) is 5.02 Å². The molecule has 3 aromatic rings. The van der Waals surface area contributed by atoms with E-state index >= 15 is 0 Å². The molecule has 3 aromatic carbocycles. The lowest BCUT2D eigenvalue weighted by Crippen LogP contribution is -2.37. The molecule has 4 rings (SSSR count). The number of carboxylic acids is 1. The maximum atomic E-state index is 13.2. The Morgan fingerprint density at radius 3 is 2.41 bits per heavy atom. The summed E-state index contributed by atoms with van der Waals surface area (Å²) in [5, 5.41) is 10.2. The SMILES string of the molecule is CCOc1cc(CN(C(C)=O)c2ccc(N3CCOCC3)c(C(=O)O)c2)cc(Cl)c1OCc1ccc(F)cc1. The van der Waals surface area contributed by atoms with Gasteiger partial charge in [-0.25, -0.2) is 9.18 Å². The van der Waals surface area contributed by atoms with E-state index in [1.54, 1.807) is 36.4 Å². The van der Waals surface area contributed by atoms with Crippen molar-refractivity contribution in [2.24, 2.45) is 0 Å². The van der Waals surface area contributed by atoms with Gasteiger partial charge in [0, 0.05) is 25.7 Å². The maximum absolute atomic E-state index is 13.2. The standard InChI is InChI=1S/C29H30ClFN2O6/c1-3-38-27-15-21(14-25(30)28(27)39-18-20-4-6-22(31)7-5-20)17-33(19(2)34)23-8-9-26(24(16-23)29(35)36)32-10-12-37-13-11-32/h4-9,14-16H,3,10-13,17-18H2,1-2H3,(H,35,36). The van der Waals surface area contributed by atoms with Crippen molar-refractivity contribution in [3.8, 4) is 11.5 Å². The topological polar surface area (TPSA) is 88.5 Å². The van der Waals surface area contributed by atoms with Gasteiger partial charge in [-0.05, 0) is 60.5 Å². The Balaban J connectivity index is 1.60. The molecule has 1 N–H and O–H groups in total. The normalized spacial score (nSPS) is 13.2. The second-order valence-corrected chi connectivity index (χ2v) is 9.37. The minimum atomic E-state index is -1.08. The number of carboxylic acid groups (broad SMARTS) is 1. The summed E-state index contributed by atoms with van der Waals surface area (Å²) < 4.78 is 30.3. The molecular formula is C29H30ClFN2O6. The number of nitrogens with zero attached hydrogens (tertiary/aromatic N) is 2. The van der Waals surface area contributed by atoms with Crippen molar-refractivity contribution in [1.29, 1.82) is 0 Å². The summed E-state index contributed by atoms with van der Waals surface area (Å²) in [5.74, 6) is -0.941. The van der Waals surface area contributed by atoms with E-state index in [-0.39, 0.29) is 35.5 Å². The molecule has 0 unspecified atom stereocenters. The zero-order chi connectivity index (χ0) is 27.9. The number of amides is 1. The fraction of sp³-hybridized carbons (Fsp3) is 0.310. The van der Waals surface area contributed by atoms with E-state index in [0.29, 0.717) is 61.3 Å². The third kappa shape index (κ3) is 6.99. The van der Waals surface area contributed by atoms with Crippen LogP contribution in [0.5, 0.6) is 11.5 Å². The highest BCUT2D eigenvalue weighted by Crippen LogP contribution is 2.38. The van der Waals surface area contributed by atoms with Crippen LogP contribution in [0, 0.1) is 5.82 Å². The lowest BCUT2D eigenvalue weighted by Gasteiger charge is -2.31. The highest BCUT2D eigenvalue weighted by Gasteiger charge is 2.22. The van der Waals surface area contributed by atoms with Crippen LogP contribution in [-0.2, 0) is 22.7 Å². The Kier molecular flexibility index (Phi) is 9.27. The number of ether oxygens (including phenoxy) is 3.